The average Bonchev–Trinajstić information content (AvgIpc) is 2.39. The van der Waals surface area contributed by atoms with Gasteiger partial charge in [-0.05, 0) is 18.9 Å². The average molecular weight is 281 g/mol. The van der Waals surface area contributed by atoms with Crippen LogP contribution in [-0.4, -0.2) is 28.3 Å². The van der Waals surface area contributed by atoms with Crippen LogP contribution < -0.4 is 5.32 Å². The van der Waals surface area contributed by atoms with Crippen molar-refractivity contribution in [1.29, 1.82) is 0 Å². The van der Waals surface area contributed by atoms with Gasteiger partial charge in [-0.1, -0.05) is 37.3 Å². The van der Waals surface area contributed by atoms with Gasteiger partial charge in [0.15, 0.2) is 0 Å². The minimum absolute atomic E-state index is 0.243. The summed E-state index contributed by atoms with van der Waals surface area (Å²) in [5.74, 6) is -0.244. The number of benzene rings is 1. The molecule has 0 aliphatic carbocycles. The molecule has 0 spiro atoms. The van der Waals surface area contributed by atoms with Gasteiger partial charge in [0.2, 0.25) is 5.91 Å². The molecule has 1 rings (SSSR count). The highest BCUT2D eigenvalue weighted by atomic mass is 32.2. The van der Waals surface area contributed by atoms with Gasteiger partial charge in [0.25, 0.3) is 0 Å². The number of carbonyl (C=O) groups excluding carboxylic acids is 1. The van der Waals surface area contributed by atoms with Crippen LogP contribution in [0.4, 0.5) is 0 Å². The van der Waals surface area contributed by atoms with Crippen molar-refractivity contribution in [2.75, 3.05) is 5.75 Å². The van der Waals surface area contributed by atoms with Crippen molar-refractivity contribution in [2.45, 2.75) is 31.6 Å². The first-order valence-electron chi connectivity index (χ1n) is 6.14. The third-order valence-corrected chi connectivity index (χ3v) is 3.94. The number of thioether (sulfide) groups is 1. The van der Waals surface area contributed by atoms with Crippen molar-refractivity contribution in [1.82, 2.24) is 5.32 Å². The molecule has 1 aromatic carbocycles. The highest BCUT2D eigenvalue weighted by Gasteiger charge is 2.32. The van der Waals surface area contributed by atoms with Gasteiger partial charge in [0.1, 0.15) is 5.54 Å². The zero-order valence-electron chi connectivity index (χ0n) is 11.2. The molecule has 4 nitrogen and oxygen atoms in total. The van der Waals surface area contributed by atoms with Gasteiger partial charge in [-0.2, -0.15) is 0 Å². The lowest BCUT2D eigenvalue weighted by Crippen LogP contribution is -2.52. The predicted molar refractivity (Wildman–Crippen MR) is 77.1 cm³/mol. The third-order valence-electron chi connectivity index (χ3n) is 2.94. The number of hydrogen-bond donors (Lipinski definition) is 2. The lowest BCUT2D eigenvalue weighted by atomic mass is 9.99. The van der Waals surface area contributed by atoms with Crippen molar-refractivity contribution >= 4 is 23.6 Å². The summed E-state index contributed by atoms with van der Waals surface area (Å²) >= 11 is 1.47. The van der Waals surface area contributed by atoms with E-state index in [1.807, 2.05) is 30.3 Å². The van der Waals surface area contributed by atoms with E-state index in [4.69, 9.17) is 5.11 Å². The largest absolute Gasteiger partial charge is 0.480 e. The number of aliphatic carboxylic acids is 1. The molecular formula is C14H19NO3S. The van der Waals surface area contributed by atoms with Gasteiger partial charge in [0, 0.05) is 5.75 Å². The molecule has 1 aromatic rings. The number of nitrogens with one attached hydrogen (secondary N) is 1. The summed E-state index contributed by atoms with van der Waals surface area (Å²) in [7, 11) is 0. The summed E-state index contributed by atoms with van der Waals surface area (Å²) in [6.07, 6.45) is 0.359. The third kappa shape index (κ3) is 4.95. The molecule has 0 saturated heterocycles. The highest BCUT2D eigenvalue weighted by Crippen LogP contribution is 2.13. The Kier molecular flexibility index (Phi) is 5.89. The van der Waals surface area contributed by atoms with Gasteiger partial charge in [-0.15, -0.1) is 11.8 Å². The molecule has 2 N–H and O–H groups in total. The summed E-state index contributed by atoms with van der Waals surface area (Å²) < 4.78 is 0. The first-order valence-corrected chi connectivity index (χ1v) is 7.29. The number of carboxylic acids is 1. The minimum Gasteiger partial charge on any atom is -0.480 e. The maximum Gasteiger partial charge on any atom is 0.329 e. The molecule has 19 heavy (non-hydrogen) atoms. The second-order valence-electron chi connectivity index (χ2n) is 4.52. The molecule has 0 fully saturated rings. The van der Waals surface area contributed by atoms with E-state index in [-0.39, 0.29) is 11.7 Å². The molecule has 0 aliphatic heterocycles. The predicted octanol–water partition coefficient (Wildman–Crippen LogP) is 2.29. The Morgan fingerprint density at radius 1 is 1.32 bits per heavy atom. The van der Waals surface area contributed by atoms with E-state index in [1.165, 1.54) is 18.7 Å². The van der Waals surface area contributed by atoms with Crippen LogP contribution in [0.3, 0.4) is 0 Å². The summed E-state index contributed by atoms with van der Waals surface area (Å²) in [5.41, 5.74) is -0.0264. The fourth-order valence-corrected chi connectivity index (χ4v) is 2.26. The molecule has 0 aromatic heterocycles. The highest BCUT2D eigenvalue weighted by molar-refractivity contribution is 7.99. The van der Waals surface area contributed by atoms with Crippen molar-refractivity contribution in [3.63, 3.8) is 0 Å². The second kappa shape index (κ2) is 7.19. The molecule has 0 heterocycles. The van der Waals surface area contributed by atoms with E-state index in [0.717, 1.165) is 11.3 Å². The summed E-state index contributed by atoms with van der Waals surface area (Å²) in [4.78, 5) is 22.8. The van der Waals surface area contributed by atoms with Crippen LogP contribution in [0, 0.1) is 0 Å². The maximum absolute atomic E-state index is 11.7. The molecule has 5 heteroatoms. The number of carbonyl (C=O) groups is 2. The van der Waals surface area contributed by atoms with E-state index >= 15 is 0 Å². The van der Waals surface area contributed by atoms with Gasteiger partial charge in [0.05, 0.1) is 5.75 Å². The number of carboxylic acid groups (broad SMARTS) is 1. The molecular weight excluding hydrogens is 262 g/mol. The Bertz CT molecular complexity index is 436. The molecule has 0 radical (unpaired) electrons. The minimum atomic E-state index is -1.18. The maximum atomic E-state index is 11.7. The SMILES string of the molecule is CCC(C)(NC(=O)CSCc1ccccc1)C(=O)O. The monoisotopic (exact) mass is 281 g/mol. The second-order valence-corrected chi connectivity index (χ2v) is 5.50. The molecule has 1 unspecified atom stereocenters. The topological polar surface area (TPSA) is 66.4 Å². The first kappa shape index (κ1) is 15.6. The van der Waals surface area contributed by atoms with Crippen LogP contribution in [0.5, 0.6) is 0 Å². The summed E-state index contributed by atoms with van der Waals surface area (Å²) in [5, 5.41) is 11.6. The van der Waals surface area contributed by atoms with Crippen LogP contribution in [0.15, 0.2) is 30.3 Å². The van der Waals surface area contributed by atoms with E-state index in [2.05, 4.69) is 5.32 Å². The molecule has 0 bridgehead atoms. The summed E-state index contributed by atoms with van der Waals surface area (Å²) in [6, 6.07) is 9.85. The Labute approximate surface area is 117 Å². The van der Waals surface area contributed by atoms with Gasteiger partial charge >= 0.3 is 5.97 Å². The Hall–Kier alpha value is -1.49. The number of rotatable bonds is 7. The van der Waals surface area contributed by atoms with E-state index in [9.17, 15) is 9.59 Å². The molecule has 104 valence electrons. The first-order chi connectivity index (χ1) is 8.98. The van der Waals surface area contributed by atoms with Crippen LogP contribution >= 0.6 is 11.8 Å². The van der Waals surface area contributed by atoms with E-state index in [0.29, 0.717) is 6.42 Å². The quantitative estimate of drug-likeness (QED) is 0.804. The zero-order chi connectivity index (χ0) is 14.3. The lowest BCUT2D eigenvalue weighted by Gasteiger charge is -2.24. The van der Waals surface area contributed by atoms with Crippen LogP contribution in [0.25, 0.3) is 0 Å². The lowest BCUT2D eigenvalue weighted by molar-refractivity contribution is -0.146. The van der Waals surface area contributed by atoms with Gasteiger partial charge in [-0.3, -0.25) is 4.79 Å². The smallest absolute Gasteiger partial charge is 0.329 e. The van der Waals surface area contributed by atoms with Gasteiger partial charge < -0.3 is 10.4 Å². The van der Waals surface area contributed by atoms with Crippen molar-refractivity contribution < 1.29 is 14.7 Å². The van der Waals surface area contributed by atoms with Crippen molar-refractivity contribution in [3.8, 4) is 0 Å². The Morgan fingerprint density at radius 3 is 2.47 bits per heavy atom. The number of amides is 1. The molecule has 0 saturated carbocycles. The fraction of sp³-hybridized carbons (Fsp3) is 0.429. The fourth-order valence-electron chi connectivity index (χ4n) is 1.47. The van der Waals surface area contributed by atoms with Gasteiger partial charge in [-0.25, -0.2) is 4.79 Å². The van der Waals surface area contributed by atoms with Crippen molar-refractivity contribution in [3.05, 3.63) is 35.9 Å². The molecule has 0 aliphatic rings. The normalized spacial score (nSPS) is 13.6. The van der Waals surface area contributed by atoms with E-state index in [1.54, 1.807) is 6.92 Å². The number of hydrogen-bond acceptors (Lipinski definition) is 3. The summed E-state index contributed by atoms with van der Waals surface area (Å²) in [6.45, 7) is 3.26. The van der Waals surface area contributed by atoms with Crippen LogP contribution in [0.2, 0.25) is 0 Å². The molecule has 1 atom stereocenters. The Balaban J connectivity index is 2.38. The Morgan fingerprint density at radius 2 is 1.95 bits per heavy atom. The van der Waals surface area contributed by atoms with Crippen LogP contribution in [-0.2, 0) is 15.3 Å². The molecule has 1 amide bonds. The zero-order valence-corrected chi connectivity index (χ0v) is 12.0. The van der Waals surface area contributed by atoms with E-state index < -0.39 is 11.5 Å². The van der Waals surface area contributed by atoms with Crippen molar-refractivity contribution in [2.24, 2.45) is 0 Å². The standard InChI is InChI=1S/C14H19NO3S/c1-3-14(2,13(17)18)15-12(16)10-19-9-11-7-5-4-6-8-11/h4-8H,3,9-10H2,1-2H3,(H,15,16)(H,17,18). The van der Waals surface area contributed by atoms with Crippen LogP contribution in [0.1, 0.15) is 25.8 Å².